The number of alkyl halides is 1. The number of carboxylic acid groups (broad SMARTS) is 1. The first kappa shape index (κ1) is 26.0. The van der Waals surface area contributed by atoms with E-state index in [1.165, 1.54) is 29.2 Å². The minimum Gasteiger partial charge on any atom is -0.491 e. The van der Waals surface area contributed by atoms with Gasteiger partial charge < -0.3 is 25.4 Å². The summed E-state index contributed by atoms with van der Waals surface area (Å²) >= 11 is 6.05. The van der Waals surface area contributed by atoms with Gasteiger partial charge in [0, 0.05) is 12.1 Å². The highest BCUT2D eigenvalue weighted by atomic mass is 35.5. The molecule has 3 N–H and O–H groups in total. The summed E-state index contributed by atoms with van der Waals surface area (Å²) in [7, 11) is 0. The van der Waals surface area contributed by atoms with E-state index in [0.717, 1.165) is 0 Å². The number of para-hydroxylation sites is 1. The van der Waals surface area contributed by atoms with E-state index in [4.69, 9.17) is 21.4 Å². The number of rotatable bonds is 8. The number of urea groups is 1. The molecule has 4 rings (SSSR count). The lowest BCUT2D eigenvalue weighted by Crippen LogP contribution is -2.40. The zero-order valence-electron chi connectivity index (χ0n) is 19.7. The van der Waals surface area contributed by atoms with Crippen LogP contribution >= 0.6 is 11.6 Å². The third kappa shape index (κ3) is 6.98. The molecule has 0 bridgehead atoms. The highest BCUT2D eigenvalue weighted by Crippen LogP contribution is 2.24. The molecular formula is C27H25ClFN3O5. The van der Waals surface area contributed by atoms with Gasteiger partial charge in [-0.25, -0.2) is 14.0 Å². The molecule has 1 saturated heterocycles. The van der Waals surface area contributed by atoms with Crippen LogP contribution in [0.5, 0.6) is 5.75 Å². The first-order valence-electron chi connectivity index (χ1n) is 11.6. The monoisotopic (exact) mass is 525 g/mol. The molecule has 37 heavy (non-hydrogen) atoms. The lowest BCUT2D eigenvalue weighted by molar-refractivity contribution is -0.132. The number of carboxylic acids is 1. The fraction of sp³-hybridized carbons (Fsp3) is 0.222. The average molecular weight is 526 g/mol. The number of carbonyl (C=O) groups excluding carboxylic acids is 2. The number of hydrogen-bond acceptors (Lipinski definition) is 4. The molecule has 1 aliphatic heterocycles. The van der Waals surface area contributed by atoms with Crippen molar-refractivity contribution in [3.05, 3.63) is 88.9 Å². The summed E-state index contributed by atoms with van der Waals surface area (Å²) in [6, 6.07) is 18.7. The number of benzene rings is 3. The van der Waals surface area contributed by atoms with Gasteiger partial charge in [-0.3, -0.25) is 4.79 Å². The van der Waals surface area contributed by atoms with E-state index in [1.54, 1.807) is 48.5 Å². The van der Waals surface area contributed by atoms with Crippen LogP contribution in [0.1, 0.15) is 22.3 Å². The van der Waals surface area contributed by atoms with E-state index in [1.807, 2.05) is 0 Å². The lowest BCUT2D eigenvalue weighted by atomic mass is 10.1. The van der Waals surface area contributed by atoms with Gasteiger partial charge in [0.25, 0.3) is 0 Å². The van der Waals surface area contributed by atoms with Gasteiger partial charge in [0.2, 0.25) is 5.91 Å². The molecule has 0 aliphatic carbocycles. The van der Waals surface area contributed by atoms with Crippen molar-refractivity contribution in [2.45, 2.75) is 25.1 Å². The number of nitrogens with one attached hydrogen (secondary N) is 2. The van der Waals surface area contributed by atoms with Gasteiger partial charge in [0.15, 0.2) is 0 Å². The Balaban J connectivity index is 1.30. The molecular weight excluding hydrogens is 501 g/mol. The maximum Gasteiger partial charge on any atom is 0.335 e. The number of ether oxygens (including phenoxy) is 1. The van der Waals surface area contributed by atoms with E-state index in [-0.39, 0.29) is 37.5 Å². The van der Waals surface area contributed by atoms with Crippen molar-refractivity contribution in [3.63, 3.8) is 0 Å². The van der Waals surface area contributed by atoms with Crippen molar-refractivity contribution in [2.75, 3.05) is 23.8 Å². The molecule has 1 heterocycles. The first-order valence-corrected chi connectivity index (χ1v) is 12.0. The fourth-order valence-corrected chi connectivity index (χ4v) is 4.22. The van der Waals surface area contributed by atoms with Crippen LogP contribution in [0.25, 0.3) is 0 Å². The number of aromatic carboxylic acids is 1. The van der Waals surface area contributed by atoms with E-state index in [0.29, 0.717) is 27.7 Å². The molecule has 8 nitrogen and oxygen atoms in total. The Morgan fingerprint density at radius 3 is 2.38 bits per heavy atom. The number of hydrogen-bond donors (Lipinski definition) is 3. The Kier molecular flexibility index (Phi) is 8.25. The van der Waals surface area contributed by atoms with E-state index in [2.05, 4.69) is 10.6 Å². The molecule has 3 amide bonds. The van der Waals surface area contributed by atoms with Crippen LogP contribution in [0.3, 0.4) is 0 Å². The van der Waals surface area contributed by atoms with Crippen LogP contribution in [0, 0.1) is 0 Å². The SMILES string of the molecule is O=C(Nc1ccc(CC(=O)N2C[C@@H](F)C[C@H]2COc2ccc(C(=O)O)cc2)cc1)Nc1ccccc1Cl. The topological polar surface area (TPSA) is 108 Å². The predicted octanol–water partition coefficient (Wildman–Crippen LogP) is 5.24. The van der Waals surface area contributed by atoms with E-state index < -0.39 is 24.2 Å². The summed E-state index contributed by atoms with van der Waals surface area (Å²) in [5, 5.41) is 14.8. The normalized spacial score (nSPS) is 16.8. The molecule has 0 aromatic heterocycles. The summed E-state index contributed by atoms with van der Waals surface area (Å²) in [5.74, 6) is -0.822. The summed E-state index contributed by atoms with van der Waals surface area (Å²) in [6.45, 7) is 0.0919. The van der Waals surface area contributed by atoms with Crippen molar-refractivity contribution in [1.29, 1.82) is 0 Å². The van der Waals surface area contributed by atoms with Gasteiger partial charge in [0.05, 0.1) is 35.3 Å². The van der Waals surface area contributed by atoms with Crippen molar-refractivity contribution in [1.82, 2.24) is 4.90 Å². The minimum absolute atomic E-state index is 0.00727. The molecule has 2 atom stereocenters. The Hall–Kier alpha value is -4.11. The predicted molar refractivity (Wildman–Crippen MR) is 138 cm³/mol. The quantitative estimate of drug-likeness (QED) is 0.372. The Morgan fingerprint density at radius 2 is 1.70 bits per heavy atom. The van der Waals surface area contributed by atoms with Crippen molar-refractivity contribution < 1.29 is 28.6 Å². The summed E-state index contributed by atoms with van der Waals surface area (Å²) in [4.78, 5) is 37.6. The van der Waals surface area contributed by atoms with E-state index in [9.17, 15) is 18.8 Å². The van der Waals surface area contributed by atoms with Gasteiger partial charge in [-0.2, -0.15) is 0 Å². The molecule has 0 spiro atoms. The zero-order valence-corrected chi connectivity index (χ0v) is 20.5. The zero-order chi connectivity index (χ0) is 26.4. The molecule has 1 aliphatic rings. The minimum atomic E-state index is -1.14. The van der Waals surface area contributed by atoms with Crippen LogP contribution in [0.15, 0.2) is 72.8 Å². The van der Waals surface area contributed by atoms with Crippen molar-refractivity contribution in [2.24, 2.45) is 0 Å². The number of nitrogens with zero attached hydrogens (tertiary/aromatic N) is 1. The third-order valence-electron chi connectivity index (χ3n) is 5.92. The molecule has 3 aromatic carbocycles. The summed E-state index contributed by atoms with van der Waals surface area (Å²) in [6.07, 6.45) is -0.902. The summed E-state index contributed by atoms with van der Waals surface area (Å²) < 4.78 is 19.9. The fourth-order valence-electron chi connectivity index (χ4n) is 4.04. The van der Waals surface area contributed by atoms with Crippen molar-refractivity contribution >= 4 is 40.9 Å². The van der Waals surface area contributed by atoms with Gasteiger partial charge in [-0.05, 0) is 54.1 Å². The van der Waals surface area contributed by atoms with Crippen LogP contribution in [-0.4, -0.2) is 53.3 Å². The number of anilines is 2. The largest absolute Gasteiger partial charge is 0.491 e. The third-order valence-corrected chi connectivity index (χ3v) is 6.25. The van der Waals surface area contributed by atoms with Crippen LogP contribution in [0.4, 0.5) is 20.6 Å². The molecule has 0 unspecified atom stereocenters. The number of halogens is 2. The molecule has 3 aromatic rings. The van der Waals surface area contributed by atoms with Gasteiger partial charge >= 0.3 is 12.0 Å². The van der Waals surface area contributed by atoms with Crippen LogP contribution < -0.4 is 15.4 Å². The number of likely N-dealkylation sites (tertiary alicyclic amines) is 1. The smallest absolute Gasteiger partial charge is 0.335 e. The second kappa shape index (κ2) is 11.7. The molecule has 1 fully saturated rings. The second-order valence-corrected chi connectivity index (χ2v) is 9.01. The van der Waals surface area contributed by atoms with E-state index >= 15 is 0 Å². The molecule has 192 valence electrons. The maximum atomic E-state index is 14.2. The Morgan fingerprint density at radius 1 is 1.00 bits per heavy atom. The highest BCUT2D eigenvalue weighted by molar-refractivity contribution is 6.33. The molecule has 10 heteroatoms. The average Bonchev–Trinajstić information content (AvgIpc) is 3.26. The van der Waals surface area contributed by atoms with Crippen LogP contribution in [-0.2, 0) is 11.2 Å². The number of amides is 3. The van der Waals surface area contributed by atoms with Gasteiger partial charge in [-0.15, -0.1) is 0 Å². The lowest BCUT2D eigenvalue weighted by Gasteiger charge is -2.24. The Bertz CT molecular complexity index is 1270. The van der Waals surface area contributed by atoms with Gasteiger partial charge in [0.1, 0.15) is 18.5 Å². The summed E-state index contributed by atoms with van der Waals surface area (Å²) in [5.41, 5.74) is 1.87. The number of carbonyl (C=O) groups is 3. The maximum absolute atomic E-state index is 14.2. The second-order valence-electron chi connectivity index (χ2n) is 8.61. The standard InChI is InChI=1S/C27H25ClFN3O5/c28-23-3-1-2-4-24(23)31-27(36)30-20-9-5-17(6-10-20)13-25(33)32-15-19(29)14-21(32)16-37-22-11-7-18(8-12-22)26(34)35/h1-12,19,21H,13-16H2,(H,34,35)(H2,30,31,36)/t19-,21-/m0/s1. The highest BCUT2D eigenvalue weighted by Gasteiger charge is 2.35. The van der Waals surface area contributed by atoms with Gasteiger partial charge in [-0.1, -0.05) is 35.9 Å². The van der Waals surface area contributed by atoms with Crippen molar-refractivity contribution in [3.8, 4) is 5.75 Å². The Labute approximate surface area is 218 Å². The molecule has 0 radical (unpaired) electrons. The first-order chi connectivity index (χ1) is 17.8. The molecule has 0 saturated carbocycles. The van der Waals surface area contributed by atoms with Crippen LogP contribution in [0.2, 0.25) is 5.02 Å².